The first-order valence-corrected chi connectivity index (χ1v) is 15.0. The molecule has 3 aliphatic rings. The van der Waals surface area contributed by atoms with Crippen LogP contribution in [-0.4, -0.2) is 89.1 Å². The Bertz CT molecular complexity index is 1680. The van der Waals surface area contributed by atoms with Crippen LogP contribution in [0.1, 0.15) is 94.2 Å². The first-order chi connectivity index (χ1) is 21.3. The Balaban J connectivity index is 1.06. The molecule has 7 rings (SSSR count). The minimum atomic E-state index is -0.981. The molecule has 1 aliphatic carbocycles. The molecule has 3 aromatic heterocycles. The van der Waals surface area contributed by atoms with E-state index in [1.54, 1.807) is 51.1 Å². The van der Waals surface area contributed by atoms with E-state index in [2.05, 4.69) is 16.3 Å². The van der Waals surface area contributed by atoms with E-state index in [4.69, 9.17) is 19.7 Å². The third kappa shape index (κ3) is 5.05. The second-order valence-corrected chi connectivity index (χ2v) is 12.4. The molecule has 3 fully saturated rings. The summed E-state index contributed by atoms with van der Waals surface area (Å²) in [4.78, 5) is 44.6. The zero-order valence-corrected chi connectivity index (χ0v) is 24.5. The van der Waals surface area contributed by atoms with Gasteiger partial charge in [-0.25, -0.2) is 4.79 Å². The Kier molecular flexibility index (Phi) is 7.02. The third-order valence-corrected chi connectivity index (χ3v) is 9.47. The predicted octanol–water partition coefficient (Wildman–Crippen LogP) is 3.17. The van der Waals surface area contributed by atoms with Gasteiger partial charge in [-0.2, -0.15) is 15.2 Å². The van der Waals surface area contributed by atoms with Crippen molar-refractivity contribution in [2.75, 3.05) is 26.2 Å². The second kappa shape index (κ2) is 11.0. The maximum atomic E-state index is 13.6. The van der Waals surface area contributed by atoms with Crippen LogP contribution in [0, 0.1) is 5.41 Å². The summed E-state index contributed by atoms with van der Waals surface area (Å²) in [7, 11) is 0. The van der Waals surface area contributed by atoms with E-state index >= 15 is 0 Å². The fourth-order valence-corrected chi connectivity index (χ4v) is 7.00. The first-order valence-electron chi connectivity index (χ1n) is 15.0. The lowest BCUT2D eigenvalue weighted by Crippen LogP contribution is -2.59. The fraction of sp³-hybridized carbons (Fsp3) is 0.452. The molecule has 1 aromatic carbocycles. The van der Waals surface area contributed by atoms with Crippen molar-refractivity contribution in [1.82, 2.24) is 39.5 Å². The number of hydrogen-bond acceptors (Lipinski definition) is 8. The Morgan fingerprint density at radius 1 is 1.11 bits per heavy atom. The van der Waals surface area contributed by atoms with Crippen molar-refractivity contribution >= 4 is 18.3 Å². The zero-order valence-electron chi connectivity index (χ0n) is 24.5. The second-order valence-electron chi connectivity index (χ2n) is 12.4. The SMILES string of the molecule is CC(c1nc(C2CN(C(=O)c3cnn(Cc4ccc(C(=O)O)cc4)c3)CC23CN(C=O)C3)no1)n1ccc(C2CCCC2)n1. The normalized spacial score (nSPS) is 20.2. The number of benzene rings is 1. The Hall–Kier alpha value is -4.81. The highest BCUT2D eigenvalue weighted by Gasteiger charge is 2.57. The van der Waals surface area contributed by atoms with E-state index in [9.17, 15) is 14.4 Å². The highest BCUT2D eigenvalue weighted by atomic mass is 16.5. The summed E-state index contributed by atoms with van der Waals surface area (Å²) in [6.07, 6.45) is 10.9. The van der Waals surface area contributed by atoms with Crippen LogP contribution in [0.3, 0.4) is 0 Å². The molecule has 2 atom stereocenters. The van der Waals surface area contributed by atoms with Crippen molar-refractivity contribution in [3.63, 3.8) is 0 Å². The molecule has 0 bridgehead atoms. The van der Waals surface area contributed by atoms with Gasteiger partial charge in [-0.3, -0.25) is 19.0 Å². The number of aromatic nitrogens is 6. The number of aromatic carboxylic acids is 1. The van der Waals surface area contributed by atoms with Crippen LogP contribution < -0.4 is 0 Å². The van der Waals surface area contributed by atoms with E-state index < -0.39 is 5.97 Å². The number of carboxylic acid groups (broad SMARTS) is 1. The van der Waals surface area contributed by atoms with Crippen molar-refractivity contribution in [1.29, 1.82) is 0 Å². The van der Waals surface area contributed by atoms with E-state index in [1.165, 1.54) is 25.7 Å². The van der Waals surface area contributed by atoms with E-state index in [-0.39, 0.29) is 28.8 Å². The molecule has 1 spiro atoms. The maximum absolute atomic E-state index is 13.6. The summed E-state index contributed by atoms with van der Waals surface area (Å²) >= 11 is 0. The summed E-state index contributed by atoms with van der Waals surface area (Å²) < 4.78 is 9.28. The van der Waals surface area contributed by atoms with Crippen LogP contribution in [0.25, 0.3) is 0 Å². The lowest BCUT2D eigenvalue weighted by Gasteiger charge is -2.48. The maximum Gasteiger partial charge on any atom is 0.335 e. The highest BCUT2D eigenvalue weighted by Crippen LogP contribution is 2.48. The molecule has 13 nitrogen and oxygen atoms in total. The molecule has 0 radical (unpaired) electrons. The van der Waals surface area contributed by atoms with Gasteiger partial charge >= 0.3 is 5.97 Å². The number of likely N-dealkylation sites (tertiary alicyclic amines) is 2. The van der Waals surface area contributed by atoms with E-state index in [1.807, 2.05) is 17.8 Å². The number of amides is 2. The van der Waals surface area contributed by atoms with Gasteiger partial charge in [0.25, 0.3) is 11.8 Å². The molecule has 4 aromatic rings. The summed E-state index contributed by atoms with van der Waals surface area (Å²) in [5.74, 6) is 0.186. The molecule has 1 saturated carbocycles. The van der Waals surface area contributed by atoms with Gasteiger partial charge in [0.15, 0.2) is 5.82 Å². The largest absolute Gasteiger partial charge is 0.478 e. The van der Waals surface area contributed by atoms with Crippen molar-refractivity contribution < 1.29 is 24.0 Å². The van der Waals surface area contributed by atoms with Crippen molar-refractivity contribution in [2.45, 2.75) is 57.0 Å². The fourth-order valence-electron chi connectivity index (χ4n) is 7.00. The van der Waals surface area contributed by atoms with Crippen LogP contribution in [-0.2, 0) is 11.3 Å². The standard InChI is InChI=1S/C31H34N8O5/c1-20(39-11-10-26(34-39)22-4-2-3-5-22)28-33-27(35-44-28)25-15-37(18-31(25)16-36(17-31)19-40)29(41)24-12-32-38(14-24)13-21-6-8-23(9-7-21)30(42)43/h6-12,14,19-20,22,25H,2-5,13,15-18H2,1H3,(H,42,43). The number of nitrogens with zero attached hydrogens (tertiary/aromatic N) is 8. The summed E-state index contributed by atoms with van der Waals surface area (Å²) in [6, 6.07) is 8.41. The Morgan fingerprint density at radius 2 is 1.89 bits per heavy atom. The lowest BCUT2D eigenvalue weighted by atomic mass is 9.71. The van der Waals surface area contributed by atoms with Crippen LogP contribution in [0.4, 0.5) is 0 Å². The van der Waals surface area contributed by atoms with Crippen LogP contribution >= 0.6 is 0 Å². The highest BCUT2D eigenvalue weighted by molar-refractivity contribution is 5.94. The molecule has 2 unspecified atom stereocenters. The number of rotatable bonds is 9. The average molecular weight is 599 g/mol. The smallest absolute Gasteiger partial charge is 0.335 e. The van der Waals surface area contributed by atoms with Crippen LogP contribution in [0.15, 0.2) is 53.4 Å². The average Bonchev–Trinajstić information content (AvgIpc) is 3.83. The quantitative estimate of drug-likeness (QED) is 0.286. The molecular weight excluding hydrogens is 564 g/mol. The third-order valence-electron chi connectivity index (χ3n) is 9.47. The molecule has 13 heteroatoms. The number of carbonyl (C=O) groups excluding carboxylic acids is 2. The van der Waals surface area contributed by atoms with Gasteiger partial charge in [-0.1, -0.05) is 30.1 Å². The van der Waals surface area contributed by atoms with Crippen molar-refractivity contribution in [3.05, 3.63) is 83.0 Å². The monoisotopic (exact) mass is 598 g/mol. The first kappa shape index (κ1) is 28.0. The summed E-state index contributed by atoms with van der Waals surface area (Å²) in [5.41, 5.74) is 2.29. The Labute approximate surface area is 253 Å². The molecular formula is C31H34N8O5. The van der Waals surface area contributed by atoms with E-state index in [0.717, 1.165) is 17.7 Å². The summed E-state index contributed by atoms with van der Waals surface area (Å²) in [5, 5.41) is 22.7. The Morgan fingerprint density at radius 3 is 2.61 bits per heavy atom. The van der Waals surface area contributed by atoms with Crippen LogP contribution in [0.2, 0.25) is 0 Å². The van der Waals surface area contributed by atoms with Gasteiger partial charge in [0.05, 0.1) is 35.5 Å². The van der Waals surface area contributed by atoms with Gasteiger partial charge in [-0.05, 0) is 43.5 Å². The number of carboxylic acids is 1. The molecule has 2 aliphatic heterocycles. The molecule has 2 saturated heterocycles. The number of carbonyl (C=O) groups is 3. The molecule has 1 N–H and O–H groups in total. The van der Waals surface area contributed by atoms with E-state index in [0.29, 0.717) is 55.9 Å². The number of hydrogen-bond donors (Lipinski definition) is 1. The van der Waals surface area contributed by atoms with Gasteiger partial charge < -0.3 is 19.4 Å². The summed E-state index contributed by atoms with van der Waals surface area (Å²) in [6.45, 7) is 4.27. The van der Waals surface area contributed by atoms with Crippen LogP contribution in [0.5, 0.6) is 0 Å². The van der Waals surface area contributed by atoms with Gasteiger partial charge in [0.1, 0.15) is 6.04 Å². The minimum Gasteiger partial charge on any atom is -0.478 e. The topological polar surface area (TPSA) is 152 Å². The van der Waals surface area contributed by atoms with Gasteiger partial charge in [0, 0.05) is 49.9 Å². The van der Waals surface area contributed by atoms with Gasteiger partial charge in [-0.15, -0.1) is 0 Å². The van der Waals surface area contributed by atoms with Crippen molar-refractivity contribution in [3.8, 4) is 0 Å². The minimum absolute atomic E-state index is 0.156. The molecule has 228 valence electrons. The molecule has 5 heterocycles. The van der Waals surface area contributed by atoms with Crippen molar-refractivity contribution in [2.24, 2.45) is 5.41 Å². The zero-order chi connectivity index (χ0) is 30.4. The van der Waals surface area contributed by atoms with Gasteiger partial charge in [0.2, 0.25) is 6.41 Å². The molecule has 2 amide bonds. The molecule has 44 heavy (non-hydrogen) atoms. The lowest BCUT2D eigenvalue weighted by molar-refractivity contribution is -0.129. The predicted molar refractivity (Wildman–Crippen MR) is 155 cm³/mol.